The van der Waals surface area contributed by atoms with Crippen molar-refractivity contribution < 1.29 is 9.53 Å². The molecule has 0 aliphatic rings. The molecule has 0 aromatic heterocycles. The standard InChI is InChI=1S/C25H24O2.ClH/c1-3-27-25(26)22-15-8-12-20(18-22)11-5-4-10-19(2)23-17-9-14-21-13-6-7-16-24(21)23;/h6-9,12-19H,3-4,10H2,1-2H3;1H/t19-;/m0./s1. The van der Waals surface area contributed by atoms with Crippen LogP contribution in [0.5, 0.6) is 0 Å². The summed E-state index contributed by atoms with van der Waals surface area (Å²) < 4.78 is 5.04. The Labute approximate surface area is 173 Å². The largest absolute Gasteiger partial charge is 0.462 e. The van der Waals surface area contributed by atoms with Crippen LogP contribution in [0, 0.1) is 11.8 Å². The smallest absolute Gasteiger partial charge is 0.338 e. The van der Waals surface area contributed by atoms with Crippen LogP contribution in [0.3, 0.4) is 0 Å². The minimum atomic E-state index is -0.300. The first-order valence-electron chi connectivity index (χ1n) is 9.42. The summed E-state index contributed by atoms with van der Waals surface area (Å²) in [4.78, 5) is 11.8. The van der Waals surface area contributed by atoms with Gasteiger partial charge in [0.25, 0.3) is 0 Å². The maximum Gasteiger partial charge on any atom is 0.338 e. The molecule has 1 atom stereocenters. The molecule has 0 N–H and O–H groups in total. The lowest BCUT2D eigenvalue weighted by molar-refractivity contribution is 0.0526. The van der Waals surface area contributed by atoms with Gasteiger partial charge in [-0.05, 0) is 53.8 Å². The molecule has 3 heteroatoms. The number of halogens is 1. The van der Waals surface area contributed by atoms with Crippen molar-refractivity contribution in [2.75, 3.05) is 6.61 Å². The fourth-order valence-corrected chi connectivity index (χ4v) is 3.23. The molecule has 3 aromatic carbocycles. The Bertz CT molecular complexity index is 993. The quantitative estimate of drug-likeness (QED) is 0.372. The van der Waals surface area contributed by atoms with Crippen molar-refractivity contribution in [2.24, 2.45) is 0 Å². The topological polar surface area (TPSA) is 26.3 Å². The van der Waals surface area contributed by atoms with Gasteiger partial charge in [-0.25, -0.2) is 4.79 Å². The van der Waals surface area contributed by atoms with Gasteiger partial charge in [-0.2, -0.15) is 0 Å². The van der Waals surface area contributed by atoms with E-state index in [1.54, 1.807) is 19.1 Å². The summed E-state index contributed by atoms with van der Waals surface area (Å²) in [6.07, 6.45) is 1.81. The van der Waals surface area contributed by atoms with Crippen LogP contribution < -0.4 is 0 Å². The summed E-state index contributed by atoms with van der Waals surface area (Å²) in [5.74, 6) is 6.56. The fraction of sp³-hybridized carbons (Fsp3) is 0.240. The van der Waals surface area contributed by atoms with Gasteiger partial charge in [0.05, 0.1) is 12.2 Å². The van der Waals surface area contributed by atoms with E-state index in [0.29, 0.717) is 18.1 Å². The Kier molecular flexibility index (Phi) is 8.11. The minimum Gasteiger partial charge on any atom is -0.462 e. The summed E-state index contributed by atoms with van der Waals surface area (Å²) in [7, 11) is 0. The molecule has 0 saturated heterocycles. The third-order valence-electron chi connectivity index (χ3n) is 4.66. The van der Waals surface area contributed by atoms with E-state index in [9.17, 15) is 4.79 Å². The van der Waals surface area contributed by atoms with E-state index in [2.05, 4.69) is 61.2 Å². The Morgan fingerprint density at radius 3 is 2.61 bits per heavy atom. The molecule has 144 valence electrons. The number of hydrogen-bond acceptors (Lipinski definition) is 2. The Morgan fingerprint density at radius 2 is 1.79 bits per heavy atom. The van der Waals surface area contributed by atoms with Crippen LogP contribution in [0.2, 0.25) is 0 Å². The SMILES string of the molecule is CCOC(=O)c1cccc(C#CCC[C@H](C)c2cccc3ccccc23)c1.Cl. The lowest BCUT2D eigenvalue weighted by Gasteiger charge is -2.13. The van der Waals surface area contributed by atoms with Crippen molar-refractivity contribution in [1.82, 2.24) is 0 Å². The number of benzene rings is 3. The van der Waals surface area contributed by atoms with Crippen molar-refractivity contribution in [3.05, 3.63) is 83.4 Å². The summed E-state index contributed by atoms with van der Waals surface area (Å²) >= 11 is 0. The zero-order chi connectivity index (χ0) is 19.1. The average molecular weight is 393 g/mol. The van der Waals surface area contributed by atoms with Gasteiger partial charge in [0.1, 0.15) is 0 Å². The number of ether oxygens (including phenoxy) is 1. The van der Waals surface area contributed by atoms with Crippen LogP contribution in [0.1, 0.15) is 54.1 Å². The third kappa shape index (κ3) is 5.38. The van der Waals surface area contributed by atoms with Crippen LogP contribution in [0.25, 0.3) is 10.8 Å². The average Bonchev–Trinajstić information content (AvgIpc) is 2.71. The van der Waals surface area contributed by atoms with E-state index in [-0.39, 0.29) is 18.4 Å². The van der Waals surface area contributed by atoms with Gasteiger partial charge in [0.15, 0.2) is 0 Å². The van der Waals surface area contributed by atoms with Crippen molar-refractivity contribution in [2.45, 2.75) is 32.6 Å². The number of carbonyl (C=O) groups is 1. The molecule has 28 heavy (non-hydrogen) atoms. The summed E-state index contributed by atoms with van der Waals surface area (Å²) in [6.45, 7) is 4.43. The molecule has 0 aliphatic heterocycles. The zero-order valence-corrected chi connectivity index (χ0v) is 17.1. The van der Waals surface area contributed by atoms with Crippen LogP contribution in [-0.4, -0.2) is 12.6 Å². The Morgan fingerprint density at radius 1 is 1.04 bits per heavy atom. The molecule has 0 heterocycles. The van der Waals surface area contributed by atoms with Crippen LogP contribution >= 0.6 is 12.4 Å². The number of fused-ring (bicyclic) bond motifs is 1. The van der Waals surface area contributed by atoms with Gasteiger partial charge in [0, 0.05) is 12.0 Å². The molecule has 0 radical (unpaired) electrons. The van der Waals surface area contributed by atoms with Gasteiger partial charge in [-0.3, -0.25) is 0 Å². The molecular weight excluding hydrogens is 368 g/mol. The van der Waals surface area contributed by atoms with E-state index in [1.165, 1.54) is 16.3 Å². The van der Waals surface area contributed by atoms with E-state index in [0.717, 1.165) is 18.4 Å². The van der Waals surface area contributed by atoms with Gasteiger partial charge in [-0.1, -0.05) is 67.3 Å². The van der Waals surface area contributed by atoms with E-state index in [4.69, 9.17) is 4.74 Å². The highest BCUT2D eigenvalue weighted by Crippen LogP contribution is 2.28. The molecule has 0 amide bonds. The summed E-state index contributed by atoms with van der Waals surface area (Å²) in [6, 6.07) is 22.3. The third-order valence-corrected chi connectivity index (χ3v) is 4.66. The van der Waals surface area contributed by atoms with Crippen molar-refractivity contribution >= 4 is 29.1 Å². The molecule has 3 aromatic rings. The predicted octanol–water partition coefficient (Wildman–Crippen LogP) is 6.37. The van der Waals surface area contributed by atoms with Gasteiger partial charge in [-0.15, -0.1) is 12.4 Å². The molecule has 0 aliphatic carbocycles. The van der Waals surface area contributed by atoms with Crippen LogP contribution in [0.15, 0.2) is 66.7 Å². The molecule has 0 bridgehead atoms. The number of rotatable bonds is 5. The van der Waals surface area contributed by atoms with E-state index < -0.39 is 0 Å². The maximum atomic E-state index is 11.8. The molecular formula is C25H25ClO2. The predicted molar refractivity (Wildman–Crippen MR) is 118 cm³/mol. The van der Waals surface area contributed by atoms with Crippen molar-refractivity contribution in [1.29, 1.82) is 0 Å². The van der Waals surface area contributed by atoms with Crippen LogP contribution in [0.4, 0.5) is 0 Å². The lowest BCUT2D eigenvalue weighted by atomic mass is 9.91. The highest BCUT2D eigenvalue weighted by molar-refractivity contribution is 5.89. The molecule has 0 unspecified atom stereocenters. The van der Waals surface area contributed by atoms with Crippen molar-refractivity contribution in [3.63, 3.8) is 0 Å². The second-order valence-corrected chi connectivity index (χ2v) is 6.61. The van der Waals surface area contributed by atoms with Gasteiger partial charge < -0.3 is 4.74 Å². The second-order valence-electron chi connectivity index (χ2n) is 6.61. The zero-order valence-electron chi connectivity index (χ0n) is 16.3. The monoisotopic (exact) mass is 392 g/mol. The normalized spacial score (nSPS) is 11.1. The lowest BCUT2D eigenvalue weighted by Crippen LogP contribution is -2.04. The maximum absolute atomic E-state index is 11.8. The fourth-order valence-electron chi connectivity index (χ4n) is 3.23. The van der Waals surface area contributed by atoms with E-state index in [1.807, 2.05) is 12.1 Å². The minimum absolute atomic E-state index is 0. The highest BCUT2D eigenvalue weighted by Gasteiger charge is 2.08. The first-order valence-corrected chi connectivity index (χ1v) is 9.42. The number of hydrogen-bond donors (Lipinski definition) is 0. The molecule has 0 saturated carbocycles. The molecule has 0 spiro atoms. The van der Waals surface area contributed by atoms with Crippen LogP contribution in [-0.2, 0) is 4.74 Å². The molecule has 3 rings (SSSR count). The second kappa shape index (κ2) is 10.5. The van der Waals surface area contributed by atoms with Gasteiger partial charge in [0.2, 0.25) is 0 Å². The first-order chi connectivity index (χ1) is 13.2. The Hall–Kier alpha value is -2.76. The molecule has 0 fully saturated rings. The van der Waals surface area contributed by atoms with Gasteiger partial charge >= 0.3 is 5.97 Å². The number of carbonyl (C=O) groups excluding carboxylic acids is 1. The Balaban J connectivity index is 0.00000280. The summed E-state index contributed by atoms with van der Waals surface area (Å²) in [5, 5.41) is 2.60. The van der Waals surface area contributed by atoms with Crippen molar-refractivity contribution in [3.8, 4) is 11.8 Å². The highest BCUT2D eigenvalue weighted by atomic mass is 35.5. The molecule has 2 nitrogen and oxygen atoms in total. The van der Waals surface area contributed by atoms with E-state index >= 15 is 0 Å². The summed E-state index contributed by atoms with van der Waals surface area (Å²) in [5.41, 5.74) is 2.77. The number of esters is 1. The first kappa shape index (κ1) is 21.5.